The number of carbonyl (C=O) groups excluding carboxylic acids is 1. The number of hydrogen-bond donors (Lipinski definition) is 2. The topological polar surface area (TPSA) is 71.5 Å². The third-order valence-corrected chi connectivity index (χ3v) is 3.04. The zero-order valence-electron chi connectivity index (χ0n) is 12.5. The van der Waals surface area contributed by atoms with Crippen molar-refractivity contribution in [2.45, 2.75) is 33.6 Å². The van der Waals surface area contributed by atoms with Crippen molar-refractivity contribution >= 4 is 11.8 Å². The lowest BCUT2D eigenvalue weighted by molar-refractivity contribution is 0.0526. The van der Waals surface area contributed by atoms with Crippen molar-refractivity contribution in [2.75, 3.05) is 25.1 Å². The quantitative estimate of drug-likeness (QED) is 0.565. The van der Waals surface area contributed by atoms with Crippen LogP contribution in [-0.4, -0.2) is 35.8 Å². The molecule has 0 saturated carbocycles. The van der Waals surface area contributed by atoms with Crippen molar-refractivity contribution in [3.63, 3.8) is 0 Å². The Kier molecular flexibility index (Phi) is 6.45. The standard InChI is InChI=1S/C15H24N2O3/c1-4-20-14(19)12-6-7-13(17-10-12)16-9-5-8-15(2,3)11-18/h6-7,10,18H,4-5,8-9,11H2,1-3H3,(H,16,17). The molecule has 1 heterocycles. The molecule has 0 aliphatic heterocycles. The number of nitrogens with one attached hydrogen (secondary N) is 1. The number of aliphatic hydroxyl groups excluding tert-OH is 1. The fraction of sp³-hybridized carbons (Fsp3) is 0.600. The van der Waals surface area contributed by atoms with Gasteiger partial charge in [-0.15, -0.1) is 0 Å². The Balaban J connectivity index is 2.37. The van der Waals surface area contributed by atoms with Crippen LogP contribution in [0, 0.1) is 5.41 Å². The number of pyridine rings is 1. The van der Waals surface area contributed by atoms with E-state index in [-0.39, 0.29) is 18.0 Å². The third-order valence-electron chi connectivity index (χ3n) is 3.04. The maximum atomic E-state index is 11.5. The van der Waals surface area contributed by atoms with E-state index in [1.807, 2.05) is 13.8 Å². The van der Waals surface area contributed by atoms with E-state index in [2.05, 4.69) is 10.3 Å². The largest absolute Gasteiger partial charge is 0.462 e. The van der Waals surface area contributed by atoms with Crippen LogP contribution in [0.5, 0.6) is 0 Å². The molecule has 0 fully saturated rings. The first kappa shape index (κ1) is 16.4. The molecule has 20 heavy (non-hydrogen) atoms. The highest BCUT2D eigenvalue weighted by Gasteiger charge is 2.15. The summed E-state index contributed by atoms with van der Waals surface area (Å²) < 4.78 is 4.89. The lowest BCUT2D eigenvalue weighted by Crippen LogP contribution is -2.18. The number of carbonyl (C=O) groups is 1. The van der Waals surface area contributed by atoms with E-state index < -0.39 is 0 Å². The first-order valence-electron chi connectivity index (χ1n) is 6.96. The number of aromatic nitrogens is 1. The van der Waals surface area contributed by atoms with E-state index >= 15 is 0 Å². The molecule has 0 atom stereocenters. The van der Waals surface area contributed by atoms with Crippen LogP contribution in [0.3, 0.4) is 0 Å². The van der Waals surface area contributed by atoms with Crippen LogP contribution < -0.4 is 5.32 Å². The first-order chi connectivity index (χ1) is 9.48. The van der Waals surface area contributed by atoms with Gasteiger partial charge >= 0.3 is 5.97 Å². The number of nitrogens with zero attached hydrogens (tertiary/aromatic N) is 1. The predicted octanol–water partition coefficient (Wildman–Crippen LogP) is 2.47. The highest BCUT2D eigenvalue weighted by molar-refractivity contribution is 5.89. The van der Waals surface area contributed by atoms with Gasteiger partial charge in [-0.05, 0) is 37.3 Å². The average molecular weight is 280 g/mol. The molecule has 1 aromatic rings. The second-order valence-electron chi connectivity index (χ2n) is 5.51. The highest BCUT2D eigenvalue weighted by atomic mass is 16.5. The van der Waals surface area contributed by atoms with Crippen molar-refractivity contribution < 1.29 is 14.6 Å². The summed E-state index contributed by atoms with van der Waals surface area (Å²) in [5.74, 6) is 0.385. The Morgan fingerprint density at radius 1 is 1.45 bits per heavy atom. The lowest BCUT2D eigenvalue weighted by atomic mass is 9.89. The van der Waals surface area contributed by atoms with Crippen LogP contribution >= 0.6 is 0 Å². The Hall–Kier alpha value is -1.62. The maximum Gasteiger partial charge on any atom is 0.339 e. The fourth-order valence-electron chi connectivity index (χ4n) is 1.70. The Bertz CT molecular complexity index is 416. The summed E-state index contributed by atoms with van der Waals surface area (Å²) in [6.07, 6.45) is 3.41. The third kappa shape index (κ3) is 5.57. The van der Waals surface area contributed by atoms with Crippen LogP contribution in [0.2, 0.25) is 0 Å². The molecule has 0 aliphatic rings. The molecule has 2 N–H and O–H groups in total. The monoisotopic (exact) mass is 280 g/mol. The van der Waals surface area contributed by atoms with Crippen LogP contribution in [-0.2, 0) is 4.74 Å². The molecule has 1 rings (SSSR count). The molecule has 5 heteroatoms. The van der Waals surface area contributed by atoms with Crippen LogP contribution in [0.1, 0.15) is 44.0 Å². The number of aliphatic hydroxyl groups is 1. The summed E-state index contributed by atoms with van der Waals surface area (Å²) in [4.78, 5) is 15.6. The Morgan fingerprint density at radius 3 is 2.75 bits per heavy atom. The van der Waals surface area contributed by atoms with Gasteiger partial charge in [0.1, 0.15) is 5.82 Å². The molecule has 0 radical (unpaired) electrons. The summed E-state index contributed by atoms with van der Waals surface area (Å²) in [6.45, 7) is 7.20. The van der Waals surface area contributed by atoms with Gasteiger partial charge in [0.05, 0.1) is 12.2 Å². The summed E-state index contributed by atoms with van der Waals surface area (Å²) >= 11 is 0. The molecule has 0 amide bonds. The normalized spacial score (nSPS) is 11.2. The van der Waals surface area contributed by atoms with E-state index in [0.717, 1.165) is 25.2 Å². The van der Waals surface area contributed by atoms with Crippen LogP contribution in [0.15, 0.2) is 18.3 Å². The number of esters is 1. The van der Waals surface area contributed by atoms with Crippen LogP contribution in [0.25, 0.3) is 0 Å². The van der Waals surface area contributed by atoms with Gasteiger partial charge in [-0.25, -0.2) is 9.78 Å². The zero-order valence-corrected chi connectivity index (χ0v) is 12.5. The second kappa shape index (κ2) is 7.85. The number of anilines is 1. The molecule has 0 unspecified atom stereocenters. The van der Waals surface area contributed by atoms with Gasteiger partial charge in [0.15, 0.2) is 0 Å². The minimum absolute atomic E-state index is 0.0388. The first-order valence-corrected chi connectivity index (χ1v) is 6.96. The van der Waals surface area contributed by atoms with Gasteiger partial charge in [0, 0.05) is 19.3 Å². The van der Waals surface area contributed by atoms with Crippen LogP contribution in [0.4, 0.5) is 5.82 Å². The van der Waals surface area contributed by atoms with Crippen molar-refractivity contribution in [3.8, 4) is 0 Å². The summed E-state index contributed by atoms with van der Waals surface area (Å²) in [5.41, 5.74) is 0.418. The molecular weight excluding hydrogens is 256 g/mol. The van der Waals surface area contributed by atoms with E-state index in [0.29, 0.717) is 12.2 Å². The van der Waals surface area contributed by atoms with E-state index in [1.54, 1.807) is 19.1 Å². The van der Waals surface area contributed by atoms with Crippen molar-refractivity contribution in [1.29, 1.82) is 0 Å². The SMILES string of the molecule is CCOC(=O)c1ccc(NCCCC(C)(C)CO)nc1. The maximum absolute atomic E-state index is 11.5. The molecular formula is C15H24N2O3. The molecule has 0 saturated heterocycles. The smallest absolute Gasteiger partial charge is 0.339 e. The molecule has 0 bridgehead atoms. The minimum atomic E-state index is -0.351. The molecule has 0 aromatic carbocycles. The van der Waals surface area contributed by atoms with Gasteiger partial charge in [-0.2, -0.15) is 0 Å². The van der Waals surface area contributed by atoms with E-state index in [9.17, 15) is 4.79 Å². The van der Waals surface area contributed by atoms with Gasteiger partial charge in [-0.3, -0.25) is 0 Å². The molecule has 0 aliphatic carbocycles. The number of hydrogen-bond acceptors (Lipinski definition) is 5. The predicted molar refractivity (Wildman–Crippen MR) is 78.8 cm³/mol. The highest BCUT2D eigenvalue weighted by Crippen LogP contribution is 2.20. The zero-order chi connectivity index (χ0) is 15.0. The molecule has 112 valence electrons. The van der Waals surface area contributed by atoms with E-state index in [4.69, 9.17) is 9.84 Å². The number of ether oxygens (including phenoxy) is 1. The average Bonchev–Trinajstić information content (AvgIpc) is 2.44. The number of rotatable bonds is 8. The van der Waals surface area contributed by atoms with Gasteiger partial charge in [0.25, 0.3) is 0 Å². The fourth-order valence-corrected chi connectivity index (χ4v) is 1.70. The summed E-state index contributed by atoms with van der Waals surface area (Å²) in [6, 6.07) is 3.47. The molecule has 0 spiro atoms. The lowest BCUT2D eigenvalue weighted by Gasteiger charge is -2.21. The van der Waals surface area contributed by atoms with Gasteiger partial charge < -0.3 is 15.2 Å². The Morgan fingerprint density at radius 2 is 2.20 bits per heavy atom. The van der Waals surface area contributed by atoms with E-state index in [1.165, 1.54) is 6.20 Å². The van der Waals surface area contributed by atoms with Gasteiger partial charge in [-0.1, -0.05) is 13.8 Å². The van der Waals surface area contributed by atoms with Crippen molar-refractivity contribution in [1.82, 2.24) is 4.98 Å². The second-order valence-corrected chi connectivity index (χ2v) is 5.51. The van der Waals surface area contributed by atoms with Gasteiger partial charge in [0.2, 0.25) is 0 Å². The molecule has 5 nitrogen and oxygen atoms in total. The molecule has 1 aromatic heterocycles. The van der Waals surface area contributed by atoms with Crippen molar-refractivity contribution in [3.05, 3.63) is 23.9 Å². The Labute approximate surface area is 120 Å². The summed E-state index contributed by atoms with van der Waals surface area (Å²) in [5, 5.41) is 12.4. The minimum Gasteiger partial charge on any atom is -0.462 e. The van der Waals surface area contributed by atoms with Crippen molar-refractivity contribution in [2.24, 2.45) is 5.41 Å². The summed E-state index contributed by atoms with van der Waals surface area (Å²) in [7, 11) is 0.